The van der Waals surface area contributed by atoms with Gasteiger partial charge in [0, 0.05) is 6.54 Å². The summed E-state index contributed by atoms with van der Waals surface area (Å²) in [6.07, 6.45) is 1.98. The van der Waals surface area contributed by atoms with Crippen molar-refractivity contribution in [2.75, 3.05) is 0 Å². The number of unbranched alkanes of at least 4 members (excludes halogenated alkanes) is 1. The molecule has 17 heavy (non-hydrogen) atoms. The molecule has 0 saturated heterocycles. The number of alkyl halides is 5. The maximum atomic E-state index is 6.01. The minimum absolute atomic E-state index is 0.192. The van der Waals surface area contributed by atoms with E-state index in [-0.39, 0.29) is 5.69 Å². The van der Waals surface area contributed by atoms with Gasteiger partial charge in [0.1, 0.15) is 10.3 Å². The zero-order valence-corrected chi connectivity index (χ0v) is 14.1. The lowest BCUT2D eigenvalue weighted by atomic mass is 10.3. The van der Waals surface area contributed by atoms with E-state index >= 15 is 0 Å². The fraction of sp³-hybridized carbons (Fsp3) is 0.750. The molecular weight excluding hydrogens is 395 g/mol. The Bertz CT molecular complexity index is 387. The number of halogens is 6. The van der Waals surface area contributed by atoms with Crippen LogP contribution in [0.5, 0.6) is 0 Å². The summed E-state index contributed by atoms with van der Waals surface area (Å²) in [5.74, 6) is 0. The quantitative estimate of drug-likeness (QED) is 0.673. The molecule has 0 amide bonds. The molecule has 9 heteroatoms. The molecule has 3 nitrogen and oxygen atoms in total. The summed E-state index contributed by atoms with van der Waals surface area (Å²) in [6.45, 7) is 2.76. The maximum absolute atomic E-state index is 6.01. The smallest absolute Gasteiger partial charge is 0.228 e. The predicted octanol–water partition coefficient (Wildman–Crippen LogP) is 4.84. The molecule has 0 N–H and O–H groups in total. The van der Waals surface area contributed by atoms with Gasteiger partial charge >= 0.3 is 0 Å². The first-order chi connectivity index (χ1) is 7.71. The van der Waals surface area contributed by atoms with Gasteiger partial charge in [-0.3, -0.25) is 0 Å². The highest BCUT2D eigenvalue weighted by atomic mass is 79.9. The third-order valence-corrected chi connectivity index (χ3v) is 5.19. The van der Waals surface area contributed by atoms with Gasteiger partial charge in [-0.15, -0.1) is 5.10 Å². The average Bonchev–Trinajstić information content (AvgIpc) is 2.55. The highest BCUT2D eigenvalue weighted by Crippen LogP contribution is 2.53. The topological polar surface area (TPSA) is 30.7 Å². The van der Waals surface area contributed by atoms with Gasteiger partial charge in [0.2, 0.25) is 8.13 Å². The van der Waals surface area contributed by atoms with Crippen molar-refractivity contribution in [3.05, 3.63) is 10.3 Å². The largest absolute Gasteiger partial charge is 0.238 e. The molecule has 1 heterocycles. The van der Waals surface area contributed by atoms with Gasteiger partial charge in [-0.25, -0.2) is 4.68 Å². The van der Waals surface area contributed by atoms with E-state index in [0.717, 1.165) is 12.8 Å². The van der Waals surface area contributed by atoms with Crippen LogP contribution in [0, 0.1) is 0 Å². The van der Waals surface area contributed by atoms with Crippen molar-refractivity contribution in [3.63, 3.8) is 0 Å². The first-order valence-corrected chi connectivity index (χ1v) is 7.44. The molecule has 0 spiro atoms. The molecule has 0 unspecified atom stereocenters. The van der Waals surface area contributed by atoms with Crippen LogP contribution >= 0.6 is 73.9 Å². The summed E-state index contributed by atoms with van der Waals surface area (Å²) < 4.78 is -1.53. The summed E-state index contributed by atoms with van der Waals surface area (Å²) >= 11 is 32.5. The van der Waals surface area contributed by atoms with Crippen LogP contribution in [0.3, 0.4) is 0 Å². The van der Waals surface area contributed by atoms with Crippen molar-refractivity contribution in [1.82, 2.24) is 15.0 Å². The monoisotopic (exact) mass is 401 g/mol. The molecular formula is C8H9BrCl5N3. The molecule has 0 aromatic carbocycles. The van der Waals surface area contributed by atoms with Crippen LogP contribution in [0.1, 0.15) is 25.5 Å². The molecule has 0 radical (unpaired) electrons. The molecule has 98 valence electrons. The molecule has 1 rings (SSSR count). The predicted molar refractivity (Wildman–Crippen MR) is 76.3 cm³/mol. The number of rotatable bonds is 4. The van der Waals surface area contributed by atoms with E-state index in [0.29, 0.717) is 11.1 Å². The van der Waals surface area contributed by atoms with Crippen molar-refractivity contribution < 1.29 is 0 Å². The second-order valence-corrected chi connectivity index (χ2v) is 7.74. The van der Waals surface area contributed by atoms with Gasteiger partial charge in [0.15, 0.2) is 0 Å². The van der Waals surface area contributed by atoms with Gasteiger partial charge in [-0.05, 0) is 22.4 Å². The fourth-order valence-electron chi connectivity index (χ4n) is 1.08. The van der Waals surface area contributed by atoms with Crippen LogP contribution in [0.15, 0.2) is 4.60 Å². The Labute approximate surface area is 133 Å². The van der Waals surface area contributed by atoms with Crippen molar-refractivity contribution in [2.45, 2.75) is 34.4 Å². The molecule has 0 bridgehead atoms. The molecule has 0 aliphatic heterocycles. The van der Waals surface area contributed by atoms with Crippen molar-refractivity contribution in [1.29, 1.82) is 0 Å². The van der Waals surface area contributed by atoms with Gasteiger partial charge in [0.05, 0.1) is 0 Å². The van der Waals surface area contributed by atoms with Gasteiger partial charge in [-0.1, -0.05) is 76.6 Å². The first-order valence-electron chi connectivity index (χ1n) is 4.75. The summed E-state index contributed by atoms with van der Waals surface area (Å²) in [6, 6.07) is 0. The summed E-state index contributed by atoms with van der Waals surface area (Å²) in [7, 11) is 0. The molecule has 0 saturated carbocycles. The number of aryl methyl sites for hydroxylation is 1. The molecule has 0 fully saturated rings. The Morgan fingerprint density at radius 2 is 1.82 bits per heavy atom. The number of hydrogen-bond donors (Lipinski definition) is 0. The van der Waals surface area contributed by atoms with E-state index in [2.05, 4.69) is 33.2 Å². The fourth-order valence-corrected chi connectivity index (χ4v) is 2.46. The van der Waals surface area contributed by atoms with Crippen molar-refractivity contribution in [3.8, 4) is 0 Å². The highest BCUT2D eigenvalue weighted by Gasteiger charge is 2.51. The molecule has 0 atom stereocenters. The van der Waals surface area contributed by atoms with Crippen LogP contribution in [0.4, 0.5) is 0 Å². The standard InChI is InChI=1S/C8H9BrCl5N3/c1-2-3-4-17-6(9)5(15-16-17)7(10,11)8(12,13)14/h2-4H2,1H3. The molecule has 1 aromatic rings. The highest BCUT2D eigenvalue weighted by molar-refractivity contribution is 9.10. The Hall–Kier alpha value is 1.07. The summed E-state index contributed by atoms with van der Waals surface area (Å²) in [4.78, 5) is 0. The number of nitrogens with zero attached hydrogens (tertiary/aromatic N) is 3. The third-order valence-electron chi connectivity index (χ3n) is 2.05. The maximum Gasteiger partial charge on any atom is 0.228 e. The van der Waals surface area contributed by atoms with Crippen molar-refractivity contribution >= 4 is 73.9 Å². The Morgan fingerprint density at radius 3 is 2.29 bits per heavy atom. The third kappa shape index (κ3) is 3.54. The Kier molecular flexibility index (Phi) is 5.71. The van der Waals surface area contributed by atoms with Gasteiger partial charge in [-0.2, -0.15) is 0 Å². The zero-order valence-electron chi connectivity index (χ0n) is 8.73. The number of hydrogen-bond acceptors (Lipinski definition) is 2. The summed E-state index contributed by atoms with van der Waals surface area (Å²) in [5.41, 5.74) is 0.192. The van der Waals surface area contributed by atoms with E-state index in [4.69, 9.17) is 58.0 Å². The summed E-state index contributed by atoms with van der Waals surface area (Å²) in [5, 5.41) is 7.76. The van der Waals surface area contributed by atoms with Gasteiger partial charge in [0.25, 0.3) is 0 Å². The second-order valence-electron chi connectivity index (χ2n) is 3.38. The number of aromatic nitrogens is 3. The van der Waals surface area contributed by atoms with Crippen LogP contribution < -0.4 is 0 Å². The Balaban J connectivity index is 3.04. The lowest BCUT2D eigenvalue weighted by Crippen LogP contribution is -2.29. The van der Waals surface area contributed by atoms with E-state index in [9.17, 15) is 0 Å². The minimum Gasteiger partial charge on any atom is -0.238 e. The van der Waals surface area contributed by atoms with E-state index < -0.39 is 8.13 Å². The normalized spacial score (nSPS) is 13.1. The van der Waals surface area contributed by atoms with E-state index in [1.807, 2.05) is 0 Å². The first kappa shape index (κ1) is 16.1. The molecule has 0 aliphatic carbocycles. The molecule has 1 aromatic heterocycles. The van der Waals surface area contributed by atoms with E-state index in [1.165, 1.54) is 0 Å². The SMILES string of the molecule is CCCCn1nnc(C(Cl)(Cl)C(Cl)(Cl)Cl)c1Br. The van der Waals surface area contributed by atoms with Crippen LogP contribution in [0.2, 0.25) is 0 Å². The van der Waals surface area contributed by atoms with Crippen LogP contribution in [-0.4, -0.2) is 18.8 Å². The van der Waals surface area contributed by atoms with E-state index in [1.54, 1.807) is 4.68 Å². The molecule has 0 aliphatic rings. The van der Waals surface area contributed by atoms with Crippen molar-refractivity contribution in [2.24, 2.45) is 0 Å². The van der Waals surface area contributed by atoms with Crippen LogP contribution in [0.25, 0.3) is 0 Å². The minimum atomic E-state index is -1.90. The second kappa shape index (κ2) is 6.02. The van der Waals surface area contributed by atoms with Crippen LogP contribution in [-0.2, 0) is 10.9 Å². The average molecular weight is 404 g/mol. The Morgan fingerprint density at radius 1 is 1.24 bits per heavy atom. The van der Waals surface area contributed by atoms with Gasteiger partial charge < -0.3 is 0 Å². The zero-order chi connectivity index (χ0) is 13.3. The lowest BCUT2D eigenvalue weighted by Gasteiger charge is -2.25. The lowest BCUT2D eigenvalue weighted by molar-refractivity contribution is 0.544.